The summed E-state index contributed by atoms with van der Waals surface area (Å²) in [6.45, 7) is 0. The minimum atomic E-state index is -1.11. The highest BCUT2D eigenvalue weighted by Crippen LogP contribution is 2.27. The number of anilines is 3. The summed E-state index contributed by atoms with van der Waals surface area (Å²) in [5.41, 5.74) is 2.86. The predicted octanol–water partition coefficient (Wildman–Crippen LogP) is 5.84. The number of carbonyl (C=O) groups is 2. The first-order valence-electron chi connectivity index (χ1n) is 9.75. The van der Waals surface area contributed by atoms with Crippen LogP contribution in [0.3, 0.4) is 0 Å². The van der Waals surface area contributed by atoms with Crippen molar-refractivity contribution in [2.75, 3.05) is 10.6 Å². The lowest BCUT2D eigenvalue weighted by Crippen LogP contribution is -2.16. The maximum Gasteiger partial charge on any atom is 0.337 e. The number of thiophene rings is 1. The van der Waals surface area contributed by atoms with Crippen LogP contribution in [0.15, 0.2) is 90.3 Å². The molecule has 0 spiro atoms. The van der Waals surface area contributed by atoms with Crippen molar-refractivity contribution in [2.45, 2.75) is 0 Å². The number of carbonyl (C=O) groups excluding carboxylic acids is 1. The molecular formula is C26H18N2O3S. The van der Waals surface area contributed by atoms with E-state index >= 15 is 0 Å². The van der Waals surface area contributed by atoms with Crippen LogP contribution < -0.4 is 10.6 Å². The van der Waals surface area contributed by atoms with E-state index < -0.39 is 11.9 Å². The molecule has 5 nitrogen and oxygen atoms in total. The molecule has 0 aliphatic heterocycles. The number of nitrogens with one attached hydrogen (secondary N) is 2. The van der Waals surface area contributed by atoms with Gasteiger partial charge in [0.15, 0.2) is 0 Å². The molecule has 4 rings (SSSR count). The van der Waals surface area contributed by atoms with Crippen LogP contribution in [0.2, 0.25) is 0 Å². The molecule has 0 bridgehead atoms. The fourth-order valence-electron chi connectivity index (χ4n) is 3.04. The summed E-state index contributed by atoms with van der Waals surface area (Å²) in [4.78, 5) is 24.5. The van der Waals surface area contributed by atoms with Crippen molar-refractivity contribution in [3.63, 3.8) is 0 Å². The minimum Gasteiger partial charge on any atom is -0.478 e. The zero-order valence-electron chi connectivity index (χ0n) is 16.8. The molecule has 0 aliphatic carbocycles. The average molecular weight is 439 g/mol. The Hall–Kier alpha value is -4.34. The Morgan fingerprint density at radius 1 is 0.750 bits per heavy atom. The molecule has 0 radical (unpaired) electrons. The Bertz CT molecular complexity index is 1320. The molecule has 1 heterocycles. The first-order valence-corrected chi connectivity index (χ1v) is 10.6. The van der Waals surface area contributed by atoms with Gasteiger partial charge in [-0.1, -0.05) is 42.2 Å². The standard InChI is InChI=1S/C26H18N2O3S/c29-25(28-22-10-5-4-9-21(22)26(30)31)20-15-14-19(13-12-18-7-2-1-3-8-18)17-23(20)27-24-11-6-16-32-24/h1-11,14-17,27H,(H,28,29)(H,30,31). The summed E-state index contributed by atoms with van der Waals surface area (Å²) in [6, 6.07) is 25.0. The monoisotopic (exact) mass is 438 g/mol. The molecule has 1 aromatic heterocycles. The smallest absolute Gasteiger partial charge is 0.337 e. The minimum absolute atomic E-state index is 0.0268. The number of para-hydroxylation sites is 1. The van der Waals surface area contributed by atoms with Gasteiger partial charge in [0.25, 0.3) is 5.91 Å². The Morgan fingerprint density at radius 3 is 2.25 bits per heavy atom. The molecule has 0 fully saturated rings. The lowest BCUT2D eigenvalue weighted by atomic mass is 10.1. The van der Waals surface area contributed by atoms with E-state index in [1.807, 2.05) is 53.9 Å². The largest absolute Gasteiger partial charge is 0.478 e. The third kappa shape index (κ3) is 5.04. The van der Waals surface area contributed by atoms with Gasteiger partial charge in [-0.2, -0.15) is 0 Å². The van der Waals surface area contributed by atoms with Gasteiger partial charge < -0.3 is 15.7 Å². The van der Waals surface area contributed by atoms with Gasteiger partial charge in [-0.05, 0) is 60.0 Å². The number of benzene rings is 3. The van der Waals surface area contributed by atoms with Crippen LogP contribution in [0.4, 0.5) is 16.4 Å². The van der Waals surface area contributed by atoms with E-state index in [0.29, 0.717) is 11.3 Å². The molecule has 0 unspecified atom stereocenters. The topological polar surface area (TPSA) is 78.4 Å². The average Bonchev–Trinajstić information content (AvgIpc) is 3.32. The molecule has 32 heavy (non-hydrogen) atoms. The third-order valence-corrected chi connectivity index (χ3v) is 5.36. The van der Waals surface area contributed by atoms with Crippen LogP contribution in [0.25, 0.3) is 0 Å². The fraction of sp³-hybridized carbons (Fsp3) is 0. The van der Waals surface area contributed by atoms with Gasteiger partial charge in [0, 0.05) is 11.1 Å². The quantitative estimate of drug-likeness (QED) is 0.342. The summed E-state index contributed by atoms with van der Waals surface area (Å²) in [6.07, 6.45) is 0. The van der Waals surface area contributed by atoms with Crippen molar-refractivity contribution in [3.05, 3.63) is 113 Å². The highest BCUT2D eigenvalue weighted by molar-refractivity contribution is 7.14. The van der Waals surface area contributed by atoms with Gasteiger partial charge in [0.2, 0.25) is 0 Å². The SMILES string of the molecule is O=C(O)c1ccccc1NC(=O)c1ccc(C#Cc2ccccc2)cc1Nc1cccs1. The number of hydrogen-bond donors (Lipinski definition) is 3. The van der Waals surface area contributed by atoms with Crippen LogP contribution >= 0.6 is 11.3 Å². The van der Waals surface area contributed by atoms with Crippen LogP contribution in [0, 0.1) is 11.8 Å². The first-order chi connectivity index (χ1) is 15.6. The van der Waals surface area contributed by atoms with Gasteiger partial charge in [-0.15, -0.1) is 11.3 Å². The van der Waals surface area contributed by atoms with E-state index in [2.05, 4.69) is 22.5 Å². The van der Waals surface area contributed by atoms with Crippen molar-refractivity contribution in [3.8, 4) is 11.8 Å². The second-order valence-corrected chi connectivity index (χ2v) is 7.73. The molecule has 3 N–H and O–H groups in total. The van der Waals surface area contributed by atoms with E-state index in [4.69, 9.17) is 0 Å². The number of rotatable bonds is 5. The second kappa shape index (κ2) is 9.65. The normalized spacial score (nSPS) is 10.0. The van der Waals surface area contributed by atoms with E-state index in [0.717, 1.165) is 16.1 Å². The maximum atomic E-state index is 13.1. The van der Waals surface area contributed by atoms with Crippen molar-refractivity contribution < 1.29 is 14.7 Å². The Morgan fingerprint density at radius 2 is 1.50 bits per heavy atom. The van der Waals surface area contributed by atoms with Crippen LogP contribution in [-0.4, -0.2) is 17.0 Å². The fourth-order valence-corrected chi connectivity index (χ4v) is 3.67. The highest BCUT2D eigenvalue weighted by Gasteiger charge is 2.16. The van der Waals surface area contributed by atoms with E-state index in [1.165, 1.54) is 17.4 Å². The molecule has 0 aliphatic rings. The number of carboxylic acids is 1. The molecule has 3 aromatic carbocycles. The number of aromatic carboxylic acids is 1. The molecule has 1 amide bonds. The van der Waals surface area contributed by atoms with Gasteiger partial charge in [-0.3, -0.25) is 4.79 Å². The summed E-state index contributed by atoms with van der Waals surface area (Å²) in [5, 5.41) is 18.2. The van der Waals surface area contributed by atoms with Gasteiger partial charge >= 0.3 is 5.97 Å². The predicted molar refractivity (Wildman–Crippen MR) is 128 cm³/mol. The number of carboxylic acid groups (broad SMARTS) is 1. The van der Waals surface area contributed by atoms with Gasteiger partial charge in [0.05, 0.1) is 27.5 Å². The highest BCUT2D eigenvalue weighted by atomic mass is 32.1. The van der Waals surface area contributed by atoms with E-state index in [9.17, 15) is 14.7 Å². The van der Waals surface area contributed by atoms with Crippen molar-refractivity contribution in [1.82, 2.24) is 0 Å². The van der Waals surface area contributed by atoms with Crippen LogP contribution in [-0.2, 0) is 0 Å². The lowest BCUT2D eigenvalue weighted by molar-refractivity contribution is 0.0698. The molecule has 0 saturated carbocycles. The van der Waals surface area contributed by atoms with Crippen LogP contribution in [0.1, 0.15) is 31.8 Å². The molecule has 6 heteroatoms. The summed E-state index contributed by atoms with van der Waals surface area (Å²) in [5.74, 6) is 4.72. The molecule has 0 saturated heterocycles. The zero-order valence-corrected chi connectivity index (χ0v) is 17.6. The third-order valence-electron chi connectivity index (χ3n) is 4.57. The lowest BCUT2D eigenvalue weighted by Gasteiger charge is -2.13. The van der Waals surface area contributed by atoms with Gasteiger partial charge in [0.1, 0.15) is 0 Å². The summed E-state index contributed by atoms with van der Waals surface area (Å²) >= 11 is 1.51. The Kier molecular flexibility index (Phi) is 6.30. The maximum absolute atomic E-state index is 13.1. The number of amides is 1. The van der Waals surface area contributed by atoms with Crippen LogP contribution in [0.5, 0.6) is 0 Å². The van der Waals surface area contributed by atoms with E-state index in [-0.39, 0.29) is 11.3 Å². The Balaban J connectivity index is 1.67. The molecular weight excluding hydrogens is 420 g/mol. The zero-order chi connectivity index (χ0) is 22.3. The second-order valence-electron chi connectivity index (χ2n) is 6.78. The van der Waals surface area contributed by atoms with Crippen molar-refractivity contribution in [2.24, 2.45) is 0 Å². The molecule has 4 aromatic rings. The van der Waals surface area contributed by atoms with Crippen molar-refractivity contribution in [1.29, 1.82) is 0 Å². The summed E-state index contributed by atoms with van der Waals surface area (Å²) in [7, 11) is 0. The Labute approximate surface area is 189 Å². The van der Waals surface area contributed by atoms with Gasteiger partial charge in [-0.25, -0.2) is 4.79 Å². The molecule has 156 valence electrons. The molecule has 0 atom stereocenters. The first kappa shape index (κ1) is 20.9. The number of hydrogen-bond acceptors (Lipinski definition) is 4. The van der Waals surface area contributed by atoms with Crippen molar-refractivity contribution >= 4 is 39.6 Å². The van der Waals surface area contributed by atoms with E-state index in [1.54, 1.807) is 30.3 Å². The summed E-state index contributed by atoms with van der Waals surface area (Å²) < 4.78 is 0.